The molecule has 0 unspecified atom stereocenters. The van der Waals surface area contributed by atoms with Crippen molar-refractivity contribution in [2.24, 2.45) is 0 Å². The molecule has 6 heteroatoms. The number of nitrogens with one attached hydrogen (secondary N) is 1. The Morgan fingerprint density at radius 1 is 1.11 bits per heavy atom. The van der Waals surface area contributed by atoms with Crippen molar-refractivity contribution in [1.29, 1.82) is 0 Å². The van der Waals surface area contributed by atoms with Crippen molar-refractivity contribution in [3.05, 3.63) is 95.7 Å². The number of nitrogens with zero attached hydrogens (tertiary/aromatic N) is 2. The number of benzene rings is 1. The van der Waals surface area contributed by atoms with E-state index >= 15 is 4.39 Å². The fourth-order valence-electron chi connectivity index (χ4n) is 4.22. The highest BCUT2D eigenvalue weighted by Crippen LogP contribution is 2.39. The van der Waals surface area contributed by atoms with Crippen LogP contribution in [0.1, 0.15) is 44.9 Å². The number of rotatable bonds is 12. The smallest absolute Gasteiger partial charge is 0.229 e. The molecule has 0 aliphatic carbocycles. The number of hydrogen-bond donors (Lipinski definition) is 1. The van der Waals surface area contributed by atoms with E-state index in [1.54, 1.807) is 6.20 Å². The number of halogens is 1. The van der Waals surface area contributed by atoms with E-state index in [4.69, 9.17) is 9.15 Å². The highest BCUT2D eigenvalue weighted by molar-refractivity contribution is 5.96. The zero-order valence-electron chi connectivity index (χ0n) is 21.8. The predicted molar refractivity (Wildman–Crippen MR) is 149 cm³/mol. The summed E-state index contributed by atoms with van der Waals surface area (Å²) in [5, 5.41) is 3.99. The van der Waals surface area contributed by atoms with Gasteiger partial charge in [0.2, 0.25) is 5.71 Å². The minimum Gasteiger partial charge on any atom is -0.494 e. The molecule has 0 bridgehead atoms. The number of furan rings is 1. The van der Waals surface area contributed by atoms with Crippen LogP contribution in [-0.4, -0.2) is 23.1 Å². The number of hydrogen-bond acceptors (Lipinski definition) is 5. The summed E-state index contributed by atoms with van der Waals surface area (Å²) in [6, 6.07) is 13.7. The summed E-state index contributed by atoms with van der Waals surface area (Å²) < 4.78 is 27.3. The van der Waals surface area contributed by atoms with Crippen molar-refractivity contribution in [2.45, 2.75) is 46.5 Å². The van der Waals surface area contributed by atoms with Gasteiger partial charge in [-0.05, 0) is 62.6 Å². The molecule has 4 aromatic rings. The van der Waals surface area contributed by atoms with E-state index in [0.29, 0.717) is 48.5 Å². The van der Waals surface area contributed by atoms with Crippen LogP contribution in [0, 0.1) is 5.82 Å². The maximum Gasteiger partial charge on any atom is 0.229 e. The van der Waals surface area contributed by atoms with Crippen LogP contribution in [-0.2, 0) is 12.8 Å². The van der Waals surface area contributed by atoms with Gasteiger partial charge in [0.25, 0.3) is 0 Å². The molecule has 3 aromatic heterocycles. The molecule has 5 nitrogen and oxygen atoms in total. The van der Waals surface area contributed by atoms with Gasteiger partial charge < -0.3 is 14.5 Å². The molecule has 1 aromatic carbocycles. The van der Waals surface area contributed by atoms with E-state index in [9.17, 15) is 0 Å². The second-order valence-corrected chi connectivity index (χ2v) is 8.82. The van der Waals surface area contributed by atoms with Crippen molar-refractivity contribution in [2.75, 3.05) is 18.5 Å². The van der Waals surface area contributed by atoms with Gasteiger partial charge in [0.05, 0.1) is 23.9 Å². The molecule has 0 atom stereocenters. The Bertz CT molecular complexity index is 1360. The van der Waals surface area contributed by atoms with Crippen molar-refractivity contribution in [1.82, 2.24) is 9.97 Å². The molecule has 37 heavy (non-hydrogen) atoms. The van der Waals surface area contributed by atoms with Gasteiger partial charge in [0.1, 0.15) is 11.5 Å². The van der Waals surface area contributed by atoms with Crippen LogP contribution < -0.4 is 10.1 Å². The first-order valence-electron chi connectivity index (χ1n) is 12.9. The third-order valence-corrected chi connectivity index (χ3v) is 6.15. The molecule has 0 spiro atoms. The van der Waals surface area contributed by atoms with Crippen molar-refractivity contribution >= 4 is 16.8 Å². The van der Waals surface area contributed by atoms with E-state index in [0.717, 1.165) is 35.4 Å². The number of allylic oxidation sites excluding steroid dienone is 4. The van der Waals surface area contributed by atoms with E-state index in [1.165, 1.54) is 11.8 Å². The SMILES string of the molecule is C/C=C\C=C(/CC)Cc1c(-c2ccc(OCCC)cc2)oc2ncc(F)c(NCCc3ccccn3)c12. The van der Waals surface area contributed by atoms with Crippen molar-refractivity contribution in [3.8, 4) is 17.1 Å². The van der Waals surface area contributed by atoms with Crippen molar-refractivity contribution in [3.63, 3.8) is 0 Å². The average Bonchev–Trinajstić information content (AvgIpc) is 3.30. The molecule has 0 radical (unpaired) electrons. The highest BCUT2D eigenvalue weighted by atomic mass is 19.1. The number of pyridine rings is 2. The summed E-state index contributed by atoms with van der Waals surface area (Å²) in [4.78, 5) is 8.69. The lowest BCUT2D eigenvalue weighted by Gasteiger charge is -2.11. The molecular weight excluding hydrogens is 465 g/mol. The Morgan fingerprint density at radius 2 is 1.95 bits per heavy atom. The molecule has 0 aliphatic rings. The Kier molecular flexibility index (Phi) is 9.08. The molecule has 192 valence electrons. The second-order valence-electron chi connectivity index (χ2n) is 8.82. The molecule has 0 saturated carbocycles. The van der Waals surface area contributed by atoms with E-state index in [-0.39, 0.29) is 0 Å². The topological polar surface area (TPSA) is 60.2 Å². The van der Waals surface area contributed by atoms with E-state index < -0.39 is 5.82 Å². The minimum absolute atomic E-state index is 0.402. The van der Waals surface area contributed by atoms with Crippen LogP contribution in [0.15, 0.2) is 83.1 Å². The fraction of sp³-hybridized carbons (Fsp3) is 0.290. The number of ether oxygens (including phenoxy) is 1. The first-order valence-corrected chi connectivity index (χ1v) is 12.9. The lowest BCUT2D eigenvalue weighted by molar-refractivity contribution is 0.317. The maximum atomic E-state index is 15.2. The summed E-state index contributed by atoms with van der Waals surface area (Å²) in [5.74, 6) is 1.11. The minimum atomic E-state index is -0.402. The van der Waals surface area contributed by atoms with E-state index in [2.05, 4.69) is 35.2 Å². The van der Waals surface area contributed by atoms with E-state index in [1.807, 2.05) is 61.5 Å². The third kappa shape index (κ3) is 6.45. The van der Waals surface area contributed by atoms with Crippen LogP contribution in [0.3, 0.4) is 0 Å². The lowest BCUT2D eigenvalue weighted by Crippen LogP contribution is -2.08. The molecule has 0 amide bonds. The van der Waals surface area contributed by atoms with Crippen molar-refractivity contribution < 1.29 is 13.5 Å². The van der Waals surface area contributed by atoms with Crippen LogP contribution >= 0.6 is 0 Å². The van der Waals surface area contributed by atoms with Gasteiger partial charge in [0.15, 0.2) is 5.82 Å². The largest absolute Gasteiger partial charge is 0.494 e. The maximum absolute atomic E-state index is 15.2. The molecule has 0 aliphatic heterocycles. The monoisotopic (exact) mass is 499 g/mol. The number of anilines is 1. The molecule has 3 heterocycles. The van der Waals surface area contributed by atoms with Gasteiger partial charge in [-0.25, -0.2) is 9.37 Å². The second kappa shape index (κ2) is 12.9. The number of fused-ring (bicyclic) bond motifs is 1. The normalized spacial score (nSPS) is 11.9. The van der Waals surface area contributed by atoms with Gasteiger partial charge in [-0.3, -0.25) is 4.98 Å². The highest BCUT2D eigenvalue weighted by Gasteiger charge is 2.23. The van der Waals surface area contributed by atoms with Crippen LogP contribution in [0.5, 0.6) is 5.75 Å². The van der Waals surface area contributed by atoms with Gasteiger partial charge in [0, 0.05) is 36.0 Å². The van der Waals surface area contributed by atoms with Gasteiger partial charge in [-0.2, -0.15) is 0 Å². The van der Waals surface area contributed by atoms with Crippen LogP contribution in [0.25, 0.3) is 22.4 Å². The predicted octanol–water partition coefficient (Wildman–Crippen LogP) is 7.93. The molecule has 4 rings (SSSR count). The Morgan fingerprint density at radius 3 is 2.65 bits per heavy atom. The summed E-state index contributed by atoms with van der Waals surface area (Å²) in [5.41, 5.74) is 4.81. The summed E-state index contributed by atoms with van der Waals surface area (Å²) in [7, 11) is 0. The lowest BCUT2D eigenvalue weighted by atomic mass is 9.97. The van der Waals surface area contributed by atoms with Crippen LogP contribution in [0.4, 0.5) is 10.1 Å². The Balaban J connectivity index is 1.76. The summed E-state index contributed by atoms with van der Waals surface area (Å²) >= 11 is 0. The first kappa shape index (κ1) is 26.1. The average molecular weight is 500 g/mol. The zero-order chi connectivity index (χ0) is 26.0. The number of aromatic nitrogens is 2. The standard InChI is InChI=1S/C31H34FN3O2/c1-4-7-10-22(6-3)20-26-28-29(34-18-16-24-11-8-9-17-33-24)27(32)21-35-31(28)37-30(26)23-12-14-25(15-13-23)36-19-5-2/h4,7-15,17,21H,5-6,16,18-20H2,1-3H3,(H,34,35)/b7-4-,22-10+. The van der Waals surface area contributed by atoms with Gasteiger partial charge >= 0.3 is 0 Å². The fourth-order valence-corrected chi connectivity index (χ4v) is 4.22. The molecule has 0 fully saturated rings. The third-order valence-electron chi connectivity index (χ3n) is 6.15. The molecular formula is C31H34FN3O2. The first-order chi connectivity index (χ1) is 18.1. The quantitative estimate of drug-likeness (QED) is 0.201. The molecule has 1 N–H and O–H groups in total. The summed E-state index contributed by atoms with van der Waals surface area (Å²) in [6.07, 6.45) is 12.2. The summed E-state index contributed by atoms with van der Waals surface area (Å²) in [6.45, 7) is 7.40. The zero-order valence-corrected chi connectivity index (χ0v) is 21.8. The molecule has 0 saturated heterocycles. The van der Waals surface area contributed by atoms with Crippen LogP contribution in [0.2, 0.25) is 0 Å². The van der Waals surface area contributed by atoms with Gasteiger partial charge in [-0.15, -0.1) is 0 Å². The Labute approximate surface area is 218 Å². The van der Waals surface area contributed by atoms with Gasteiger partial charge in [-0.1, -0.05) is 43.7 Å². The Hall–Kier alpha value is -3.93.